The number of carbonyl (C=O) groups is 1. The molecule has 8 nitrogen and oxygen atoms in total. The van der Waals surface area contributed by atoms with Gasteiger partial charge in [0.1, 0.15) is 6.33 Å². The zero-order valence-electron chi connectivity index (χ0n) is 16.6. The van der Waals surface area contributed by atoms with Gasteiger partial charge in [0.2, 0.25) is 5.91 Å². The van der Waals surface area contributed by atoms with Crippen molar-refractivity contribution in [2.45, 2.75) is 36.9 Å². The molecular weight excluding hydrogens is 435 g/mol. The maximum absolute atomic E-state index is 13.2. The molecule has 11 heteroatoms. The van der Waals surface area contributed by atoms with Gasteiger partial charge in [0.15, 0.2) is 5.16 Å². The van der Waals surface area contributed by atoms with Crippen molar-refractivity contribution < 1.29 is 9.53 Å². The lowest BCUT2D eigenvalue weighted by atomic mass is 9.61. The number of morpholine rings is 1. The molecule has 29 heavy (non-hydrogen) atoms. The maximum atomic E-state index is 13.2. The number of hydrogen-bond donors (Lipinski definition) is 3. The van der Waals surface area contributed by atoms with Crippen LogP contribution in [0, 0.1) is 11.3 Å². The number of ether oxygens (including phenoxy) is 1. The highest BCUT2D eigenvalue weighted by molar-refractivity contribution is 7.99. The number of halogens is 2. The molecule has 1 amide bonds. The minimum Gasteiger partial charge on any atom is -0.379 e. The normalized spacial score (nSPS) is 29.8. The average molecular weight is 467 g/mol. The Morgan fingerprint density at radius 1 is 1.34 bits per heavy atom. The highest BCUT2D eigenvalue weighted by Gasteiger charge is 2.50. The number of thioether (sulfide) groups is 1. The summed E-state index contributed by atoms with van der Waals surface area (Å²) in [4.78, 5) is 19.9. The van der Waals surface area contributed by atoms with Gasteiger partial charge in [0.05, 0.1) is 18.6 Å². The number of fused-ring (bicyclic) bond motifs is 1. The van der Waals surface area contributed by atoms with Gasteiger partial charge in [-0.1, -0.05) is 11.8 Å². The molecule has 1 aromatic heterocycles. The molecule has 3 fully saturated rings. The number of amides is 1. The van der Waals surface area contributed by atoms with Crippen molar-refractivity contribution in [1.82, 2.24) is 30.7 Å². The first-order valence-electron chi connectivity index (χ1n) is 10.1. The van der Waals surface area contributed by atoms with Crippen LogP contribution in [0.4, 0.5) is 0 Å². The highest BCUT2D eigenvalue weighted by Crippen LogP contribution is 2.46. The summed E-state index contributed by atoms with van der Waals surface area (Å²) in [6, 6.07) is 0.611. The number of aromatic amines is 1. The zero-order chi connectivity index (χ0) is 18.5. The summed E-state index contributed by atoms with van der Waals surface area (Å²) in [5, 5.41) is 14.2. The van der Waals surface area contributed by atoms with Crippen molar-refractivity contribution >= 4 is 42.5 Å². The van der Waals surface area contributed by atoms with Crippen LogP contribution in [0.3, 0.4) is 0 Å². The molecule has 2 saturated heterocycles. The Bertz CT molecular complexity index is 620. The van der Waals surface area contributed by atoms with Crippen molar-refractivity contribution in [3.8, 4) is 0 Å². The zero-order valence-corrected chi connectivity index (χ0v) is 19.0. The number of nitrogens with one attached hydrogen (secondary N) is 3. The van der Waals surface area contributed by atoms with E-state index in [1.54, 1.807) is 11.8 Å². The summed E-state index contributed by atoms with van der Waals surface area (Å²) in [5.41, 5.74) is -0.238. The quantitative estimate of drug-likeness (QED) is 0.429. The second-order valence-electron chi connectivity index (χ2n) is 7.79. The summed E-state index contributed by atoms with van der Waals surface area (Å²) >= 11 is 1.58. The SMILES string of the molecule is Cl.Cl.O=C(NCCSc1ncn[nH]1)[C@@]12CC[C@H](N3CCOCC3)C[C@H]1CCNC2. The predicted octanol–water partition coefficient (Wildman–Crippen LogP) is 1.34. The van der Waals surface area contributed by atoms with Crippen LogP contribution in [-0.2, 0) is 9.53 Å². The van der Waals surface area contributed by atoms with Crippen LogP contribution in [-0.4, -0.2) is 83.7 Å². The number of hydrogen-bond acceptors (Lipinski definition) is 7. The molecule has 4 rings (SSSR count). The monoisotopic (exact) mass is 466 g/mol. The third kappa shape index (κ3) is 5.77. The predicted molar refractivity (Wildman–Crippen MR) is 118 cm³/mol. The molecule has 0 unspecified atom stereocenters. The van der Waals surface area contributed by atoms with E-state index in [9.17, 15) is 4.79 Å². The fraction of sp³-hybridized carbons (Fsp3) is 0.833. The first-order valence-corrected chi connectivity index (χ1v) is 11.1. The smallest absolute Gasteiger partial charge is 0.227 e. The molecule has 1 saturated carbocycles. The van der Waals surface area contributed by atoms with Gasteiger partial charge in [-0.25, -0.2) is 4.98 Å². The van der Waals surface area contributed by atoms with E-state index in [0.29, 0.717) is 18.5 Å². The molecule has 3 aliphatic rings. The van der Waals surface area contributed by atoms with Crippen LogP contribution in [0.25, 0.3) is 0 Å². The molecule has 1 aliphatic carbocycles. The fourth-order valence-corrected chi connectivity index (χ4v) is 5.56. The molecule has 3 atom stereocenters. The topological polar surface area (TPSA) is 95.2 Å². The van der Waals surface area contributed by atoms with Crippen molar-refractivity contribution in [1.29, 1.82) is 0 Å². The minimum atomic E-state index is -0.238. The Balaban J connectivity index is 0.00000150. The number of rotatable bonds is 6. The van der Waals surface area contributed by atoms with Gasteiger partial charge in [0, 0.05) is 38.0 Å². The Labute approximate surface area is 188 Å². The Hall–Kier alpha value is -0.580. The molecule has 0 spiro atoms. The number of piperidine rings is 1. The van der Waals surface area contributed by atoms with Crippen molar-refractivity contribution in [3.63, 3.8) is 0 Å². The molecule has 2 aliphatic heterocycles. The third-order valence-electron chi connectivity index (χ3n) is 6.41. The van der Waals surface area contributed by atoms with Gasteiger partial charge in [-0.05, 0) is 38.1 Å². The largest absolute Gasteiger partial charge is 0.379 e. The molecule has 3 N–H and O–H groups in total. The lowest BCUT2D eigenvalue weighted by Crippen LogP contribution is -2.60. The lowest BCUT2D eigenvalue weighted by molar-refractivity contribution is -0.140. The summed E-state index contributed by atoms with van der Waals surface area (Å²) in [6.45, 7) is 6.26. The minimum absolute atomic E-state index is 0. The van der Waals surface area contributed by atoms with Gasteiger partial charge < -0.3 is 15.4 Å². The highest BCUT2D eigenvalue weighted by atomic mass is 35.5. The number of carbonyl (C=O) groups excluding carboxylic acids is 1. The summed E-state index contributed by atoms with van der Waals surface area (Å²) in [5.74, 6) is 1.51. The maximum Gasteiger partial charge on any atom is 0.227 e. The van der Waals surface area contributed by atoms with Gasteiger partial charge in [-0.15, -0.1) is 24.8 Å². The Kier molecular flexibility index (Phi) is 9.97. The Morgan fingerprint density at radius 3 is 2.93 bits per heavy atom. The molecular formula is C18H32Cl2N6O2S. The third-order valence-corrected chi connectivity index (χ3v) is 7.28. The van der Waals surface area contributed by atoms with Crippen molar-refractivity contribution in [3.05, 3.63) is 6.33 Å². The van der Waals surface area contributed by atoms with E-state index >= 15 is 0 Å². The molecule has 3 heterocycles. The van der Waals surface area contributed by atoms with Gasteiger partial charge in [-0.2, -0.15) is 5.10 Å². The van der Waals surface area contributed by atoms with E-state index in [4.69, 9.17) is 4.74 Å². The van der Waals surface area contributed by atoms with Gasteiger partial charge in [0.25, 0.3) is 0 Å². The van der Waals surface area contributed by atoms with E-state index in [2.05, 4.69) is 30.7 Å². The number of aromatic nitrogens is 3. The molecule has 1 aromatic rings. The number of nitrogens with zero attached hydrogens (tertiary/aromatic N) is 3. The van der Waals surface area contributed by atoms with E-state index in [0.717, 1.165) is 76.0 Å². The van der Waals surface area contributed by atoms with Crippen molar-refractivity contribution in [2.24, 2.45) is 11.3 Å². The standard InChI is InChI=1S/C18H30N6O2S.2ClH/c25-16(20-5-10-27-17-21-13-22-23-17)18-3-1-15(24-6-8-26-9-7-24)11-14(18)2-4-19-12-18;;/h13-15,19H,1-12H2,(H,20,25)(H,21,22,23);2*1H/t14-,15+,18-;;/m1../s1. The first-order chi connectivity index (χ1) is 13.3. The van der Waals surface area contributed by atoms with Crippen LogP contribution < -0.4 is 10.6 Å². The van der Waals surface area contributed by atoms with Gasteiger partial charge >= 0.3 is 0 Å². The summed E-state index contributed by atoms with van der Waals surface area (Å²) < 4.78 is 5.51. The second-order valence-corrected chi connectivity index (χ2v) is 8.87. The van der Waals surface area contributed by atoms with Crippen LogP contribution >= 0.6 is 36.6 Å². The summed E-state index contributed by atoms with van der Waals surface area (Å²) in [6.07, 6.45) is 5.83. The first kappa shape index (κ1) is 24.7. The molecule has 166 valence electrons. The van der Waals surface area contributed by atoms with Crippen LogP contribution in [0.5, 0.6) is 0 Å². The van der Waals surface area contributed by atoms with Crippen molar-refractivity contribution in [2.75, 3.05) is 51.7 Å². The average Bonchev–Trinajstić information content (AvgIpc) is 3.25. The van der Waals surface area contributed by atoms with E-state index in [1.165, 1.54) is 6.33 Å². The lowest BCUT2D eigenvalue weighted by Gasteiger charge is -2.50. The number of H-pyrrole nitrogens is 1. The molecule has 0 bridgehead atoms. The summed E-state index contributed by atoms with van der Waals surface area (Å²) in [7, 11) is 0. The fourth-order valence-electron chi connectivity index (χ4n) is 4.92. The second kappa shape index (κ2) is 11.7. The van der Waals surface area contributed by atoms with Crippen LogP contribution in [0.2, 0.25) is 0 Å². The molecule has 0 aromatic carbocycles. The van der Waals surface area contributed by atoms with E-state index in [-0.39, 0.29) is 36.1 Å². The van der Waals surface area contributed by atoms with E-state index in [1.807, 2.05) is 0 Å². The van der Waals surface area contributed by atoms with Crippen LogP contribution in [0.15, 0.2) is 11.5 Å². The molecule has 0 radical (unpaired) electrons. The van der Waals surface area contributed by atoms with Crippen LogP contribution in [0.1, 0.15) is 25.7 Å². The Morgan fingerprint density at radius 2 is 2.17 bits per heavy atom. The van der Waals surface area contributed by atoms with Gasteiger partial charge in [-0.3, -0.25) is 14.8 Å². The van der Waals surface area contributed by atoms with E-state index < -0.39 is 0 Å².